The maximum Gasteiger partial charge on any atom is 0.162 e. The van der Waals surface area contributed by atoms with Gasteiger partial charge in [0.2, 0.25) is 0 Å². The molecule has 50 heavy (non-hydrogen) atoms. The third-order valence-electron chi connectivity index (χ3n) is 11.0. The number of hydrogen-bond acceptors (Lipinski definition) is 8. The average molecular weight is 665 g/mol. The molecular formula is C42H40N4O4. The Kier molecular flexibility index (Phi) is 7.05. The summed E-state index contributed by atoms with van der Waals surface area (Å²) >= 11 is 0. The van der Waals surface area contributed by atoms with Crippen LogP contribution in [-0.4, -0.2) is 47.3 Å². The van der Waals surface area contributed by atoms with E-state index in [-0.39, 0.29) is 5.75 Å². The SMILES string of the molecule is COc1ccc2c(c1)=NC1=C3Cc4cc(c(O)c(OC)c4)CN4CCC5=c6ccc(C)cc6=NC5=C4Cc4cc(C)c(O)c(c4)CN3CCC=21. The highest BCUT2D eigenvalue weighted by Gasteiger charge is 2.31. The highest BCUT2D eigenvalue weighted by molar-refractivity contribution is 5.70. The number of nitrogens with zero attached hydrogens (tertiary/aromatic N) is 4. The number of benzene rings is 4. The van der Waals surface area contributed by atoms with Crippen molar-refractivity contribution in [3.8, 4) is 23.0 Å². The van der Waals surface area contributed by atoms with Crippen LogP contribution in [0.25, 0.3) is 11.1 Å². The number of hydrogen-bond donors (Lipinski definition) is 2. The van der Waals surface area contributed by atoms with Gasteiger partial charge in [0.05, 0.1) is 36.3 Å². The maximum absolute atomic E-state index is 11.6. The van der Waals surface area contributed by atoms with Gasteiger partial charge in [0.15, 0.2) is 11.5 Å². The van der Waals surface area contributed by atoms with E-state index >= 15 is 0 Å². The van der Waals surface area contributed by atoms with Crippen LogP contribution in [0, 0.1) is 13.8 Å². The molecule has 0 unspecified atom stereocenters. The van der Waals surface area contributed by atoms with Gasteiger partial charge in [-0.3, -0.25) is 0 Å². The van der Waals surface area contributed by atoms with E-state index in [0.29, 0.717) is 37.4 Å². The predicted molar refractivity (Wildman–Crippen MR) is 192 cm³/mol. The Morgan fingerprint density at radius 3 is 1.84 bits per heavy atom. The number of fused-ring (bicyclic) bond motifs is 10. The Bertz CT molecular complexity index is 2480. The van der Waals surface area contributed by atoms with Crippen LogP contribution >= 0.6 is 0 Å². The number of aromatic hydroxyl groups is 2. The van der Waals surface area contributed by atoms with Crippen molar-refractivity contribution in [2.24, 2.45) is 9.98 Å². The normalized spacial score (nSPS) is 17.5. The first-order chi connectivity index (χ1) is 24.3. The largest absolute Gasteiger partial charge is 0.507 e. The molecule has 9 rings (SSSR count). The molecule has 0 fully saturated rings. The van der Waals surface area contributed by atoms with Crippen molar-refractivity contribution < 1.29 is 19.7 Å². The molecule has 5 aliphatic rings. The van der Waals surface area contributed by atoms with E-state index in [1.165, 1.54) is 21.9 Å². The van der Waals surface area contributed by atoms with Crippen LogP contribution in [0.3, 0.4) is 0 Å². The second kappa shape index (κ2) is 11.5. The lowest BCUT2D eigenvalue weighted by Gasteiger charge is -2.36. The molecule has 0 aromatic heterocycles. The van der Waals surface area contributed by atoms with Crippen molar-refractivity contribution in [2.45, 2.75) is 52.6 Å². The fourth-order valence-electron chi connectivity index (χ4n) is 8.45. The molecule has 0 amide bonds. The Morgan fingerprint density at radius 1 is 0.640 bits per heavy atom. The zero-order chi connectivity index (χ0) is 34.3. The molecule has 4 aromatic rings. The van der Waals surface area contributed by atoms with Crippen molar-refractivity contribution in [1.82, 2.24) is 9.80 Å². The van der Waals surface area contributed by atoms with E-state index in [2.05, 4.69) is 59.2 Å². The number of allylic oxidation sites excluding steroid dienone is 4. The van der Waals surface area contributed by atoms with Crippen molar-refractivity contribution >= 4 is 11.1 Å². The van der Waals surface area contributed by atoms with Gasteiger partial charge in [0.1, 0.15) is 11.5 Å². The Hall–Kier alpha value is -5.50. The highest BCUT2D eigenvalue weighted by atomic mass is 16.5. The summed E-state index contributed by atoms with van der Waals surface area (Å²) in [7, 11) is 3.29. The Balaban J connectivity index is 1.25. The third-order valence-corrected chi connectivity index (χ3v) is 11.0. The average Bonchev–Trinajstić information content (AvgIpc) is 3.67. The molecule has 0 saturated carbocycles. The summed E-state index contributed by atoms with van der Waals surface area (Å²) < 4.78 is 11.3. The zero-order valence-electron chi connectivity index (χ0n) is 28.9. The topological polar surface area (TPSA) is 90.1 Å². The predicted octanol–water partition coefficient (Wildman–Crippen LogP) is 4.33. The van der Waals surface area contributed by atoms with Crippen molar-refractivity contribution in [1.29, 1.82) is 0 Å². The number of phenolic OH excluding ortho intramolecular Hbond substituents is 2. The number of phenols is 2. The standard InChI is InChI=1S/C42H40N4O4/c1-23-5-7-30-32-9-12-46-22-28-16-26(19-38(50-4)42(28)48)18-37-40-33(31-8-6-29(49-3)20-35(31)44-40)10-11-45(37)21-27-15-25(14-24(2)41(27)47)17-36(46)39(32)43-34(30)13-23/h5-8,13-16,19-20,47-48H,9-12,17-18,21-22H2,1-4H3. The maximum atomic E-state index is 11.6. The minimum Gasteiger partial charge on any atom is -0.507 e. The number of methoxy groups -OCH3 is 2. The van der Waals surface area contributed by atoms with Crippen LogP contribution in [-0.2, 0) is 25.9 Å². The van der Waals surface area contributed by atoms with Crippen LogP contribution in [0.5, 0.6) is 23.0 Å². The van der Waals surface area contributed by atoms with Gasteiger partial charge in [-0.25, -0.2) is 9.98 Å². The number of aryl methyl sites for hydroxylation is 2. The quantitative estimate of drug-likeness (QED) is 0.332. The Labute approximate surface area is 291 Å². The summed E-state index contributed by atoms with van der Waals surface area (Å²) in [6, 6.07) is 21.0. The monoisotopic (exact) mass is 664 g/mol. The zero-order valence-corrected chi connectivity index (χ0v) is 28.9. The molecule has 252 valence electrons. The molecule has 0 aliphatic carbocycles. The van der Waals surface area contributed by atoms with E-state index in [4.69, 9.17) is 19.5 Å². The molecular weight excluding hydrogens is 624 g/mol. The minimum atomic E-state index is 0.169. The summed E-state index contributed by atoms with van der Waals surface area (Å²) in [5.41, 5.74) is 12.7. The second-order valence-corrected chi connectivity index (χ2v) is 14.1. The van der Waals surface area contributed by atoms with Gasteiger partial charge in [-0.2, -0.15) is 0 Å². The van der Waals surface area contributed by atoms with Crippen molar-refractivity contribution in [2.75, 3.05) is 27.3 Å². The fraction of sp³-hybridized carbons (Fsp3) is 0.286. The van der Waals surface area contributed by atoms with E-state index in [1.54, 1.807) is 14.2 Å². The molecule has 5 aliphatic heterocycles. The molecule has 0 saturated heterocycles. The first kappa shape index (κ1) is 30.6. The molecule has 5 heterocycles. The van der Waals surface area contributed by atoms with Crippen LogP contribution < -0.4 is 30.6 Å². The molecule has 8 nitrogen and oxygen atoms in total. The molecule has 0 atom stereocenters. The summed E-state index contributed by atoms with van der Waals surface area (Å²) in [4.78, 5) is 15.2. The lowest BCUT2D eigenvalue weighted by molar-refractivity contribution is 0.310. The number of rotatable bonds is 2. The summed E-state index contributed by atoms with van der Waals surface area (Å²) in [6.45, 7) is 6.75. The van der Waals surface area contributed by atoms with Crippen molar-refractivity contribution in [3.63, 3.8) is 0 Å². The van der Waals surface area contributed by atoms with Gasteiger partial charge in [-0.15, -0.1) is 0 Å². The van der Waals surface area contributed by atoms with Crippen LogP contribution in [0.15, 0.2) is 93.4 Å². The molecule has 4 bridgehead atoms. The van der Waals surface area contributed by atoms with E-state index < -0.39 is 0 Å². The third kappa shape index (κ3) is 4.88. The van der Waals surface area contributed by atoms with Crippen LogP contribution in [0.2, 0.25) is 0 Å². The highest BCUT2D eigenvalue weighted by Crippen LogP contribution is 2.41. The summed E-state index contributed by atoms with van der Waals surface area (Å²) in [6.07, 6.45) is 2.95. The van der Waals surface area contributed by atoms with E-state index in [9.17, 15) is 10.2 Å². The molecule has 0 radical (unpaired) electrons. The van der Waals surface area contributed by atoms with Crippen LogP contribution in [0.4, 0.5) is 0 Å². The van der Waals surface area contributed by atoms with Crippen LogP contribution in [0.1, 0.15) is 46.2 Å². The molecule has 4 aromatic carbocycles. The van der Waals surface area contributed by atoms with Gasteiger partial charge in [0, 0.05) is 78.0 Å². The lowest BCUT2D eigenvalue weighted by atomic mass is 9.92. The van der Waals surface area contributed by atoms with Gasteiger partial charge < -0.3 is 29.5 Å². The summed E-state index contributed by atoms with van der Waals surface area (Å²) in [5, 5.41) is 27.4. The lowest BCUT2D eigenvalue weighted by Crippen LogP contribution is -2.32. The smallest absolute Gasteiger partial charge is 0.162 e. The fourth-order valence-corrected chi connectivity index (χ4v) is 8.45. The molecule has 8 heteroatoms. The first-order valence-corrected chi connectivity index (χ1v) is 17.4. The number of ether oxygens (including phenoxy) is 2. The minimum absolute atomic E-state index is 0.169. The van der Waals surface area contributed by atoms with E-state index in [0.717, 1.165) is 98.2 Å². The first-order valence-electron chi connectivity index (χ1n) is 17.4. The second-order valence-electron chi connectivity index (χ2n) is 14.1. The molecule has 2 N–H and O–H groups in total. The van der Waals surface area contributed by atoms with E-state index in [1.807, 2.05) is 25.1 Å². The van der Waals surface area contributed by atoms with Crippen molar-refractivity contribution in [3.05, 3.63) is 138 Å². The van der Waals surface area contributed by atoms with Gasteiger partial charge in [-0.1, -0.05) is 18.2 Å². The van der Waals surface area contributed by atoms with Gasteiger partial charge in [0.25, 0.3) is 0 Å². The summed E-state index contributed by atoms with van der Waals surface area (Å²) in [5.74, 6) is 1.75. The molecule has 0 spiro atoms. The van der Waals surface area contributed by atoms with Gasteiger partial charge >= 0.3 is 0 Å². The Morgan fingerprint density at radius 2 is 1.22 bits per heavy atom. The van der Waals surface area contributed by atoms with Gasteiger partial charge in [-0.05, 0) is 96.5 Å².